The maximum absolute atomic E-state index is 11.9. The van der Waals surface area contributed by atoms with Crippen molar-refractivity contribution in [3.05, 3.63) is 59.7 Å². The Morgan fingerprint density at radius 1 is 1.05 bits per heavy atom. The minimum atomic E-state index is -0.338. The molecule has 0 aromatic heterocycles. The van der Waals surface area contributed by atoms with Crippen molar-refractivity contribution in [2.45, 2.75) is 24.7 Å². The van der Waals surface area contributed by atoms with Crippen LogP contribution in [0, 0.1) is 0 Å². The van der Waals surface area contributed by atoms with E-state index in [1.54, 1.807) is 36.4 Å². The Hall–Kier alpha value is -1.74. The molecule has 0 aliphatic carbocycles. The summed E-state index contributed by atoms with van der Waals surface area (Å²) in [5.74, 6) is 0.190. The van der Waals surface area contributed by atoms with Crippen molar-refractivity contribution in [2.75, 3.05) is 0 Å². The molecule has 2 aromatic carbocycles. The number of hydrogen-bond acceptors (Lipinski definition) is 3. The first-order chi connectivity index (χ1) is 9.19. The van der Waals surface area contributed by atoms with Gasteiger partial charge in [-0.15, -0.1) is 12.6 Å². The molecule has 0 aliphatic rings. The number of aryl methyl sites for hydroxylation is 1. The number of thiol groups is 1. The normalized spacial score (nSPS) is 10.2. The zero-order valence-electron chi connectivity index (χ0n) is 10.8. The lowest BCUT2D eigenvalue weighted by atomic mass is 10.1. The fourth-order valence-corrected chi connectivity index (χ4v) is 1.93. The molecule has 0 spiro atoms. The van der Waals surface area contributed by atoms with E-state index in [1.165, 1.54) is 5.56 Å². The minimum absolute atomic E-state index is 0.338. The van der Waals surface area contributed by atoms with E-state index in [2.05, 4.69) is 19.6 Å². The zero-order chi connectivity index (χ0) is 13.7. The second kappa shape index (κ2) is 6.43. The monoisotopic (exact) mass is 272 g/mol. The molecular weight excluding hydrogens is 256 g/mol. The van der Waals surface area contributed by atoms with Gasteiger partial charge >= 0.3 is 5.97 Å². The van der Waals surface area contributed by atoms with Gasteiger partial charge in [-0.3, -0.25) is 0 Å². The maximum atomic E-state index is 11.9. The molecule has 0 amide bonds. The van der Waals surface area contributed by atoms with Gasteiger partial charge in [-0.2, -0.15) is 0 Å². The number of ether oxygens (including phenoxy) is 1. The van der Waals surface area contributed by atoms with Crippen molar-refractivity contribution in [3.63, 3.8) is 0 Å². The average Bonchev–Trinajstić information content (AvgIpc) is 2.42. The molecule has 0 saturated heterocycles. The van der Waals surface area contributed by atoms with Crippen molar-refractivity contribution < 1.29 is 9.53 Å². The van der Waals surface area contributed by atoms with Crippen LogP contribution in [-0.2, 0) is 6.42 Å². The van der Waals surface area contributed by atoms with Gasteiger partial charge in [0.05, 0.1) is 5.56 Å². The summed E-state index contributed by atoms with van der Waals surface area (Å²) in [5, 5.41) is 0. The van der Waals surface area contributed by atoms with E-state index < -0.39 is 0 Å². The molecule has 0 unspecified atom stereocenters. The third-order valence-corrected chi connectivity index (χ3v) is 3.07. The lowest BCUT2D eigenvalue weighted by Gasteiger charge is -2.05. The van der Waals surface area contributed by atoms with Gasteiger partial charge in [0.2, 0.25) is 0 Å². The highest BCUT2D eigenvalue weighted by atomic mass is 32.1. The first-order valence-corrected chi connectivity index (χ1v) is 6.74. The predicted octanol–water partition coefficient (Wildman–Crippen LogP) is 4.15. The van der Waals surface area contributed by atoms with Gasteiger partial charge in [-0.25, -0.2) is 4.79 Å². The van der Waals surface area contributed by atoms with E-state index in [-0.39, 0.29) is 5.97 Å². The van der Waals surface area contributed by atoms with Crippen LogP contribution in [0.5, 0.6) is 5.75 Å². The summed E-state index contributed by atoms with van der Waals surface area (Å²) in [5.41, 5.74) is 1.80. The first kappa shape index (κ1) is 13.7. The fraction of sp³-hybridized carbons (Fsp3) is 0.188. The molecule has 19 heavy (non-hydrogen) atoms. The van der Waals surface area contributed by atoms with Gasteiger partial charge in [0.25, 0.3) is 0 Å². The van der Waals surface area contributed by atoms with Crippen LogP contribution in [-0.4, -0.2) is 5.97 Å². The summed E-state index contributed by atoms with van der Waals surface area (Å²) in [6.07, 6.45) is 2.12. The number of hydrogen-bond donors (Lipinski definition) is 1. The van der Waals surface area contributed by atoms with E-state index in [0.717, 1.165) is 17.7 Å². The Bertz CT molecular complexity index is 544. The fourth-order valence-electron chi connectivity index (χ4n) is 1.78. The van der Waals surface area contributed by atoms with Gasteiger partial charge in [0, 0.05) is 4.90 Å². The Balaban J connectivity index is 2.05. The van der Waals surface area contributed by atoms with Crippen LogP contribution < -0.4 is 4.74 Å². The quantitative estimate of drug-likeness (QED) is 0.514. The molecular formula is C16H16O2S. The van der Waals surface area contributed by atoms with Gasteiger partial charge < -0.3 is 4.74 Å². The molecule has 2 aromatic rings. The number of benzene rings is 2. The van der Waals surface area contributed by atoms with Crippen LogP contribution in [0.2, 0.25) is 0 Å². The highest BCUT2D eigenvalue weighted by Gasteiger charge is 2.08. The Morgan fingerprint density at radius 3 is 2.26 bits per heavy atom. The topological polar surface area (TPSA) is 26.3 Å². The van der Waals surface area contributed by atoms with Crippen molar-refractivity contribution in [1.82, 2.24) is 0 Å². The zero-order valence-corrected chi connectivity index (χ0v) is 11.7. The molecule has 0 fully saturated rings. The predicted molar refractivity (Wildman–Crippen MR) is 79.1 cm³/mol. The van der Waals surface area contributed by atoms with Crippen LogP contribution in [0.25, 0.3) is 0 Å². The summed E-state index contributed by atoms with van der Waals surface area (Å²) in [6.45, 7) is 2.13. The lowest BCUT2D eigenvalue weighted by Crippen LogP contribution is -2.08. The number of esters is 1. The first-order valence-electron chi connectivity index (χ1n) is 6.29. The molecule has 0 heterocycles. The Kier molecular flexibility index (Phi) is 4.63. The van der Waals surface area contributed by atoms with Gasteiger partial charge in [-0.1, -0.05) is 25.5 Å². The minimum Gasteiger partial charge on any atom is -0.423 e. The number of carbonyl (C=O) groups excluding carboxylic acids is 1. The van der Waals surface area contributed by atoms with Crippen LogP contribution >= 0.6 is 12.6 Å². The number of carbonyl (C=O) groups is 1. The van der Waals surface area contributed by atoms with Crippen molar-refractivity contribution in [1.29, 1.82) is 0 Å². The van der Waals surface area contributed by atoms with E-state index in [4.69, 9.17) is 4.74 Å². The second-order valence-corrected chi connectivity index (χ2v) is 4.85. The summed E-state index contributed by atoms with van der Waals surface area (Å²) in [6, 6.07) is 14.6. The Labute approximate surface area is 118 Å². The third kappa shape index (κ3) is 3.86. The summed E-state index contributed by atoms with van der Waals surface area (Å²) < 4.78 is 5.28. The van der Waals surface area contributed by atoms with E-state index in [0.29, 0.717) is 11.3 Å². The summed E-state index contributed by atoms with van der Waals surface area (Å²) >= 11 is 4.18. The highest BCUT2D eigenvalue weighted by Crippen LogP contribution is 2.16. The van der Waals surface area contributed by atoms with Gasteiger partial charge in [-0.05, 0) is 48.4 Å². The van der Waals surface area contributed by atoms with E-state index in [1.807, 2.05) is 12.1 Å². The van der Waals surface area contributed by atoms with Gasteiger partial charge in [0.1, 0.15) is 5.75 Å². The molecule has 0 radical (unpaired) electrons. The number of rotatable bonds is 4. The van der Waals surface area contributed by atoms with E-state index in [9.17, 15) is 4.79 Å². The maximum Gasteiger partial charge on any atom is 0.343 e. The van der Waals surface area contributed by atoms with Crippen molar-refractivity contribution in [2.24, 2.45) is 0 Å². The van der Waals surface area contributed by atoms with Crippen molar-refractivity contribution in [3.8, 4) is 5.75 Å². The molecule has 0 atom stereocenters. The Morgan fingerprint density at radius 2 is 1.68 bits per heavy atom. The molecule has 0 bridgehead atoms. The lowest BCUT2D eigenvalue weighted by molar-refractivity contribution is 0.0734. The molecule has 0 aliphatic heterocycles. The van der Waals surface area contributed by atoms with Crippen LogP contribution in [0.3, 0.4) is 0 Å². The van der Waals surface area contributed by atoms with Crippen LogP contribution in [0.15, 0.2) is 53.4 Å². The van der Waals surface area contributed by atoms with Crippen LogP contribution in [0.1, 0.15) is 29.3 Å². The summed E-state index contributed by atoms with van der Waals surface area (Å²) in [7, 11) is 0. The largest absolute Gasteiger partial charge is 0.423 e. The highest BCUT2D eigenvalue weighted by molar-refractivity contribution is 7.80. The molecule has 98 valence electrons. The van der Waals surface area contributed by atoms with Crippen molar-refractivity contribution >= 4 is 18.6 Å². The molecule has 0 saturated carbocycles. The molecule has 2 nitrogen and oxygen atoms in total. The van der Waals surface area contributed by atoms with Gasteiger partial charge in [0.15, 0.2) is 0 Å². The smallest absolute Gasteiger partial charge is 0.343 e. The summed E-state index contributed by atoms with van der Waals surface area (Å²) in [4.78, 5) is 12.8. The third-order valence-electron chi connectivity index (χ3n) is 2.78. The molecule has 0 N–H and O–H groups in total. The molecule has 2 rings (SSSR count). The SMILES string of the molecule is CCCc1ccc(C(=O)Oc2ccc(S)cc2)cc1. The molecule has 3 heteroatoms. The average molecular weight is 272 g/mol. The second-order valence-electron chi connectivity index (χ2n) is 4.33. The van der Waals surface area contributed by atoms with Crippen LogP contribution in [0.4, 0.5) is 0 Å². The van der Waals surface area contributed by atoms with E-state index >= 15 is 0 Å². The standard InChI is InChI=1S/C16H16O2S/c1-2-3-12-4-6-13(7-5-12)16(17)18-14-8-10-15(19)11-9-14/h4-11,19H,2-3H2,1H3.